The Kier molecular flexibility index (Phi) is 2.69. The maximum atomic E-state index is 12.0. The summed E-state index contributed by atoms with van der Waals surface area (Å²) in [5, 5.41) is 3.83. The Hall–Kier alpha value is -0.880. The van der Waals surface area contributed by atoms with E-state index in [0.29, 0.717) is 0 Å². The van der Waals surface area contributed by atoms with E-state index < -0.39 is 14.6 Å². The van der Waals surface area contributed by atoms with Gasteiger partial charge < -0.3 is 5.73 Å². The van der Waals surface area contributed by atoms with Crippen LogP contribution in [-0.4, -0.2) is 29.5 Å². The number of hydrogen-bond acceptors (Lipinski definition) is 4. The van der Waals surface area contributed by atoms with Crippen LogP contribution in [-0.2, 0) is 16.9 Å². The summed E-state index contributed by atoms with van der Waals surface area (Å²) in [6, 6.07) is 0. The fourth-order valence-corrected chi connectivity index (χ4v) is 2.30. The first-order chi connectivity index (χ1) is 6.31. The van der Waals surface area contributed by atoms with E-state index in [4.69, 9.17) is 5.73 Å². The molecule has 1 heterocycles. The van der Waals surface area contributed by atoms with Crippen molar-refractivity contribution in [2.75, 3.05) is 6.54 Å². The van der Waals surface area contributed by atoms with Crippen LogP contribution in [0.5, 0.6) is 0 Å². The molecule has 14 heavy (non-hydrogen) atoms. The number of rotatable bonds is 3. The SMILES string of the molecule is Cn1cc(S(=O)(=O)C(C)(C)CN)cn1. The summed E-state index contributed by atoms with van der Waals surface area (Å²) in [6.07, 6.45) is 2.82. The molecule has 0 unspecified atom stereocenters. The molecule has 80 valence electrons. The molecule has 1 aromatic heterocycles. The summed E-state index contributed by atoms with van der Waals surface area (Å²) in [5.41, 5.74) is 5.43. The zero-order chi connectivity index (χ0) is 11.0. The molecule has 1 aromatic rings. The van der Waals surface area contributed by atoms with Gasteiger partial charge in [-0.2, -0.15) is 5.10 Å². The molecule has 0 aromatic carbocycles. The average molecular weight is 217 g/mol. The lowest BCUT2D eigenvalue weighted by molar-refractivity contribution is 0.548. The fourth-order valence-electron chi connectivity index (χ4n) is 0.966. The van der Waals surface area contributed by atoms with Crippen LogP contribution in [0.2, 0.25) is 0 Å². The summed E-state index contributed by atoms with van der Waals surface area (Å²) < 4.78 is 24.4. The lowest BCUT2D eigenvalue weighted by Crippen LogP contribution is -2.39. The molecule has 0 aliphatic carbocycles. The molecule has 0 bridgehead atoms. The van der Waals surface area contributed by atoms with Crippen molar-refractivity contribution in [2.24, 2.45) is 12.8 Å². The van der Waals surface area contributed by atoms with Crippen LogP contribution in [0.1, 0.15) is 13.8 Å². The number of aromatic nitrogens is 2. The zero-order valence-electron chi connectivity index (χ0n) is 8.56. The molecular weight excluding hydrogens is 202 g/mol. The van der Waals surface area contributed by atoms with E-state index in [1.807, 2.05) is 0 Å². The monoisotopic (exact) mass is 217 g/mol. The summed E-state index contributed by atoms with van der Waals surface area (Å²) in [4.78, 5) is 0.218. The van der Waals surface area contributed by atoms with Crippen LogP contribution in [0.3, 0.4) is 0 Å². The van der Waals surface area contributed by atoms with Crippen molar-refractivity contribution in [1.29, 1.82) is 0 Å². The molecule has 0 aliphatic heterocycles. The van der Waals surface area contributed by atoms with Gasteiger partial charge in [0.15, 0.2) is 9.84 Å². The molecule has 0 saturated heterocycles. The van der Waals surface area contributed by atoms with Gasteiger partial charge in [0.05, 0.1) is 10.9 Å². The van der Waals surface area contributed by atoms with Crippen molar-refractivity contribution in [3.63, 3.8) is 0 Å². The maximum Gasteiger partial charge on any atom is 0.187 e. The third-order valence-electron chi connectivity index (χ3n) is 2.21. The summed E-state index contributed by atoms with van der Waals surface area (Å²) in [7, 11) is -1.70. The van der Waals surface area contributed by atoms with E-state index in [1.54, 1.807) is 20.9 Å². The van der Waals surface area contributed by atoms with Gasteiger partial charge in [-0.05, 0) is 13.8 Å². The quantitative estimate of drug-likeness (QED) is 0.769. The molecule has 0 spiro atoms. The van der Waals surface area contributed by atoms with Gasteiger partial charge in [-0.15, -0.1) is 0 Å². The highest BCUT2D eigenvalue weighted by molar-refractivity contribution is 7.92. The van der Waals surface area contributed by atoms with E-state index in [0.717, 1.165) is 0 Å². The van der Waals surface area contributed by atoms with Crippen molar-refractivity contribution < 1.29 is 8.42 Å². The van der Waals surface area contributed by atoms with E-state index in [-0.39, 0.29) is 11.4 Å². The van der Waals surface area contributed by atoms with Gasteiger partial charge in [0.25, 0.3) is 0 Å². The van der Waals surface area contributed by atoms with E-state index in [1.165, 1.54) is 17.1 Å². The van der Waals surface area contributed by atoms with E-state index >= 15 is 0 Å². The lowest BCUT2D eigenvalue weighted by atomic mass is 10.2. The maximum absolute atomic E-state index is 12.0. The van der Waals surface area contributed by atoms with Gasteiger partial charge >= 0.3 is 0 Å². The fraction of sp³-hybridized carbons (Fsp3) is 0.625. The third-order valence-corrected chi connectivity index (χ3v) is 4.66. The second kappa shape index (κ2) is 3.36. The predicted octanol–water partition coefficient (Wildman–Crippen LogP) is -0.0689. The molecule has 2 N–H and O–H groups in total. The molecule has 1 rings (SSSR count). The number of aryl methyl sites for hydroxylation is 1. The van der Waals surface area contributed by atoms with Gasteiger partial charge in [-0.1, -0.05) is 0 Å². The van der Waals surface area contributed by atoms with Crippen LogP contribution in [0.4, 0.5) is 0 Å². The average Bonchev–Trinajstić information content (AvgIpc) is 2.52. The molecule has 0 atom stereocenters. The first-order valence-corrected chi connectivity index (χ1v) is 5.73. The summed E-state index contributed by atoms with van der Waals surface area (Å²) in [6.45, 7) is 3.30. The molecule has 0 aliphatic rings. The third kappa shape index (κ3) is 1.67. The first-order valence-electron chi connectivity index (χ1n) is 4.24. The summed E-state index contributed by atoms with van der Waals surface area (Å²) in [5.74, 6) is 0. The second-order valence-corrected chi connectivity index (χ2v) is 6.40. The number of hydrogen-bond donors (Lipinski definition) is 1. The molecule has 0 radical (unpaired) electrons. The number of nitrogens with zero attached hydrogens (tertiary/aromatic N) is 2. The topological polar surface area (TPSA) is 78.0 Å². The van der Waals surface area contributed by atoms with Crippen molar-refractivity contribution in [2.45, 2.75) is 23.5 Å². The van der Waals surface area contributed by atoms with Gasteiger partial charge in [-0.25, -0.2) is 8.42 Å². The smallest absolute Gasteiger partial charge is 0.187 e. The van der Waals surface area contributed by atoms with Crippen LogP contribution in [0, 0.1) is 0 Å². The highest BCUT2D eigenvalue weighted by Crippen LogP contribution is 2.23. The Morgan fingerprint density at radius 2 is 2.14 bits per heavy atom. The molecule has 0 saturated carbocycles. The first kappa shape index (κ1) is 11.2. The number of nitrogens with two attached hydrogens (primary N) is 1. The minimum Gasteiger partial charge on any atom is -0.329 e. The largest absolute Gasteiger partial charge is 0.329 e. The van der Waals surface area contributed by atoms with Gasteiger partial charge in [0, 0.05) is 19.8 Å². The van der Waals surface area contributed by atoms with Crippen molar-refractivity contribution in [3.8, 4) is 0 Å². The molecular formula is C8H15N3O2S. The van der Waals surface area contributed by atoms with Crippen LogP contribution >= 0.6 is 0 Å². The van der Waals surface area contributed by atoms with Crippen molar-refractivity contribution in [3.05, 3.63) is 12.4 Å². The Morgan fingerprint density at radius 3 is 2.50 bits per heavy atom. The van der Waals surface area contributed by atoms with Gasteiger partial charge in [0.2, 0.25) is 0 Å². The van der Waals surface area contributed by atoms with Crippen molar-refractivity contribution in [1.82, 2.24) is 9.78 Å². The molecule has 0 fully saturated rings. The Labute approximate surface area is 83.8 Å². The number of sulfone groups is 1. The van der Waals surface area contributed by atoms with Gasteiger partial charge in [-0.3, -0.25) is 4.68 Å². The molecule has 5 nitrogen and oxygen atoms in total. The minimum atomic E-state index is -3.38. The second-order valence-electron chi connectivity index (χ2n) is 3.82. The normalized spacial score (nSPS) is 13.1. The van der Waals surface area contributed by atoms with E-state index in [9.17, 15) is 8.42 Å². The minimum absolute atomic E-state index is 0.0875. The van der Waals surface area contributed by atoms with Gasteiger partial charge in [0.1, 0.15) is 4.90 Å². The van der Waals surface area contributed by atoms with Crippen LogP contribution < -0.4 is 5.73 Å². The Bertz CT molecular complexity index is 420. The zero-order valence-corrected chi connectivity index (χ0v) is 9.37. The molecule has 6 heteroatoms. The lowest BCUT2D eigenvalue weighted by Gasteiger charge is -2.21. The highest BCUT2D eigenvalue weighted by atomic mass is 32.2. The highest BCUT2D eigenvalue weighted by Gasteiger charge is 2.35. The molecule has 0 amide bonds. The predicted molar refractivity (Wildman–Crippen MR) is 53.5 cm³/mol. The Balaban J connectivity index is 3.22. The Morgan fingerprint density at radius 1 is 1.57 bits per heavy atom. The van der Waals surface area contributed by atoms with E-state index in [2.05, 4.69) is 5.10 Å². The summed E-state index contributed by atoms with van der Waals surface area (Å²) >= 11 is 0. The van der Waals surface area contributed by atoms with Crippen molar-refractivity contribution >= 4 is 9.84 Å². The van der Waals surface area contributed by atoms with Crippen LogP contribution in [0.15, 0.2) is 17.3 Å². The standard InChI is InChI=1S/C8H15N3O2S/c1-8(2,6-9)14(12,13)7-4-10-11(3)5-7/h4-5H,6,9H2,1-3H3. The van der Waals surface area contributed by atoms with Crippen LogP contribution in [0.25, 0.3) is 0 Å².